The Morgan fingerprint density at radius 2 is 2.18 bits per heavy atom. The SMILES string of the molecule is Cc1cncc([C@H]2CCCN2C(=O)Cc2c(C)noc2C)n1. The minimum atomic E-state index is 0.0281. The molecule has 0 aromatic carbocycles. The molecule has 0 aliphatic carbocycles. The number of likely N-dealkylation sites (tertiary alicyclic amines) is 1. The van der Waals surface area contributed by atoms with Gasteiger partial charge in [0, 0.05) is 18.3 Å². The van der Waals surface area contributed by atoms with Crippen LogP contribution in [0.3, 0.4) is 0 Å². The summed E-state index contributed by atoms with van der Waals surface area (Å²) in [5.41, 5.74) is 3.44. The van der Waals surface area contributed by atoms with Gasteiger partial charge in [-0.25, -0.2) is 0 Å². The van der Waals surface area contributed by atoms with Gasteiger partial charge in [-0.05, 0) is 33.6 Å². The molecule has 0 spiro atoms. The predicted octanol–water partition coefficient (Wildman–Crippen LogP) is 2.30. The van der Waals surface area contributed by atoms with E-state index in [0.29, 0.717) is 6.42 Å². The summed E-state index contributed by atoms with van der Waals surface area (Å²) in [6.45, 7) is 6.40. The second kappa shape index (κ2) is 5.87. The molecule has 6 heteroatoms. The Hall–Kier alpha value is -2.24. The van der Waals surface area contributed by atoms with Crippen LogP contribution in [-0.2, 0) is 11.2 Å². The quantitative estimate of drug-likeness (QED) is 0.869. The van der Waals surface area contributed by atoms with Crippen LogP contribution in [0.1, 0.15) is 47.3 Å². The van der Waals surface area contributed by atoms with Crippen LogP contribution in [-0.4, -0.2) is 32.5 Å². The Balaban J connectivity index is 1.80. The fourth-order valence-corrected chi connectivity index (χ4v) is 3.02. The first kappa shape index (κ1) is 14.7. The van der Waals surface area contributed by atoms with Gasteiger partial charge < -0.3 is 9.42 Å². The normalized spacial score (nSPS) is 18.0. The molecule has 1 aliphatic rings. The minimum absolute atomic E-state index is 0.0281. The van der Waals surface area contributed by atoms with Crippen molar-refractivity contribution in [2.24, 2.45) is 0 Å². The molecule has 6 nitrogen and oxygen atoms in total. The Morgan fingerprint density at radius 3 is 2.86 bits per heavy atom. The standard InChI is InChI=1S/C16H20N4O2/c1-10-8-17-9-14(18-10)15-5-4-6-20(15)16(21)7-13-11(2)19-22-12(13)3/h8-9,15H,4-7H2,1-3H3/t15-/m1/s1. The topological polar surface area (TPSA) is 72.1 Å². The van der Waals surface area contributed by atoms with Crippen LogP contribution in [0.4, 0.5) is 0 Å². The summed E-state index contributed by atoms with van der Waals surface area (Å²) in [7, 11) is 0. The summed E-state index contributed by atoms with van der Waals surface area (Å²) in [5, 5.41) is 3.92. The summed E-state index contributed by atoms with van der Waals surface area (Å²) >= 11 is 0. The van der Waals surface area contributed by atoms with Gasteiger partial charge in [0.15, 0.2) is 0 Å². The zero-order chi connectivity index (χ0) is 15.7. The highest BCUT2D eigenvalue weighted by molar-refractivity contribution is 5.80. The monoisotopic (exact) mass is 300 g/mol. The predicted molar refractivity (Wildman–Crippen MR) is 80.1 cm³/mol. The van der Waals surface area contributed by atoms with E-state index in [2.05, 4.69) is 15.1 Å². The van der Waals surface area contributed by atoms with E-state index < -0.39 is 0 Å². The smallest absolute Gasteiger partial charge is 0.227 e. The zero-order valence-electron chi connectivity index (χ0n) is 13.2. The summed E-state index contributed by atoms with van der Waals surface area (Å²) in [5.74, 6) is 0.817. The average Bonchev–Trinajstić information content (AvgIpc) is 3.09. The number of carbonyl (C=O) groups is 1. The van der Waals surface area contributed by atoms with Crippen LogP contribution in [0.25, 0.3) is 0 Å². The Labute approximate surface area is 129 Å². The lowest BCUT2D eigenvalue weighted by Crippen LogP contribution is -2.32. The molecular formula is C16H20N4O2. The van der Waals surface area contributed by atoms with E-state index in [1.165, 1.54) is 0 Å². The number of aromatic nitrogens is 3. The second-order valence-corrected chi connectivity index (χ2v) is 5.81. The number of rotatable bonds is 3. The highest BCUT2D eigenvalue weighted by Crippen LogP contribution is 2.31. The minimum Gasteiger partial charge on any atom is -0.361 e. The van der Waals surface area contributed by atoms with Crippen molar-refractivity contribution in [2.75, 3.05) is 6.54 Å². The molecule has 0 bridgehead atoms. The molecule has 3 heterocycles. The van der Waals surface area contributed by atoms with Gasteiger partial charge in [0.05, 0.1) is 35.7 Å². The number of hydrogen-bond donors (Lipinski definition) is 0. The van der Waals surface area contributed by atoms with E-state index >= 15 is 0 Å². The van der Waals surface area contributed by atoms with Crippen LogP contribution >= 0.6 is 0 Å². The fourth-order valence-electron chi connectivity index (χ4n) is 3.02. The number of aryl methyl sites for hydroxylation is 3. The summed E-state index contributed by atoms with van der Waals surface area (Å²) < 4.78 is 5.14. The molecule has 1 saturated heterocycles. The van der Waals surface area contributed by atoms with Gasteiger partial charge in [-0.3, -0.25) is 14.8 Å². The van der Waals surface area contributed by atoms with Gasteiger partial charge in [0.25, 0.3) is 0 Å². The summed E-state index contributed by atoms with van der Waals surface area (Å²) in [4.78, 5) is 23.3. The lowest BCUT2D eigenvalue weighted by atomic mass is 10.1. The maximum absolute atomic E-state index is 12.7. The van der Waals surface area contributed by atoms with Crippen molar-refractivity contribution in [1.29, 1.82) is 0 Å². The maximum atomic E-state index is 12.7. The molecule has 3 rings (SSSR count). The van der Waals surface area contributed by atoms with E-state index in [-0.39, 0.29) is 11.9 Å². The van der Waals surface area contributed by atoms with Gasteiger partial charge in [0.1, 0.15) is 5.76 Å². The van der Waals surface area contributed by atoms with Crippen LogP contribution < -0.4 is 0 Å². The van der Waals surface area contributed by atoms with Crippen LogP contribution in [0, 0.1) is 20.8 Å². The first-order chi connectivity index (χ1) is 10.6. The average molecular weight is 300 g/mol. The number of amides is 1. The molecule has 1 aliphatic heterocycles. The molecule has 2 aromatic heterocycles. The first-order valence-corrected chi connectivity index (χ1v) is 7.56. The van der Waals surface area contributed by atoms with Crippen molar-refractivity contribution in [3.8, 4) is 0 Å². The van der Waals surface area contributed by atoms with Crippen LogP contribution in [0.2, 0.25) is 0 Å². The van der Waals surface area contributed by atoms with Gasteiger partial charge >= 0.3 is 0 Å². The van der Waals surface area contributed by atoms with Crippen molar-refractivity contribution in [1.82, 2.24) is 20.0 Å². The molecule has 0 N–H and O–H groups in total. The van der Waals surface area contributed by atoms with Crippen molar-refractivity contribution < 1.29 is 9.32 Å². The molecule has 1 atom stereocenters. The van der Waals surface area contributed by atoms with Crippen molar-refractivity contribution in [3.05, 3.63) is 40.8 Å². The first-order valence-electron chi connectivity index (χ1n) is 7.56. The van der Waals surface area contributed by atoms with Crippen LogP contribution in [0.15, 0.2) is 16.9 Å². The van der Waals surface area contributed by atoms with Gasteiger partial charge in [-0.15, -0.1) is 0 Å². The molecule has 2 aromatic rings. The number of nitrogens with zero attached hydrogens (tertiary/aromatic N) is 4. The number of hydrogen-bond acceptors (Lipinski definition) is 5. The van der Waals surface area contributed by atoms with E-state index in [1.54, 1.807) is 12.4 Å². The molecular weight excluding hydrogens is 280 g/mol. The van der Waals surface area contributed by atoms with Crippen molar-refractivity contribution in [3.63, 3.8) is 0 Å². The van der Waals surface area contributed by atoms with Gasteiger partial charge in [-0.2, -0.15) is 0 Å². The van der Waals surface area contributed by atoms with E-state index in [1.807, 2.05) is 25.7 Å². The third-order valence-corrected chi connectivity index (χ3v) is 4.20. The lowest BCUT2D eigenvalue weighted by molar-refractivity contribution is -0.131. The molecule has 0 unspecified atom stereocenters. The van der Waals surface area contributed by atoms with E-state index in [4.69, 9.17) is 4.52 Å². The summed E-state index contributed by atoms with van der Waals surface area (Å²) in [6, 6.07) is 0.0281. The second-order valence-electron chi connectivity index (χ2n) is 5.81. The Morgan fingerprint density at radius 1 is 1.36 bits per heavy atom. The molecule has 1 amide bonds. The van der Waals surface area contributed by atoms with Gasteiger partial charge in [-0.1, -0.05) is 5.16 Å². The van der Waals surface area contributed by atoms with E-state index in [0.717, 1.165) is 47.8 Å². The zero-order valence-corrected chi connectivity index (χ0v) is 13.2. The van der Waals surface area contributed by atoms with Crippen molar-refractivity contribution >= 4 is 5.91 Å². The molecule has 0 radical (unpaired) electrons. The lowest BCUT2D eigenvalue weighted by Gasteiger charge is -2.24. The van der Waals surface area contributed by atoms with E-state index in [9.17, 15) is 4.79 Å². The number of carbonyl (C=O) groups excluding carboxylic acids is 1. The third-order valence-electron chi connectivity index (χ3n) is 4.20. The molecule has 0 saturated carbocycles. The molecule has 1 fully saturated rings. The Bertz CT molecular complexity index is 676. The molecule has 116 valence electrons. The largest absolute Gasteiger partial charge is 0.361 e. The Kier molecular flexibility index (Phi) is 3.92. The summed E-state index contributed by atoms with van der Waals surface area (Å²) in [6.07, 6.45) is 5.75. The molecule has 22 heavy (non-hydrogen) atoms. The van der Waals surface area contributed by atoms with Crippen LogP contribution in [0.5, 0.6) is 0 Å². The van der Waals surface area contributed by atoms with Gasteiger partial charge in [0.2, 0.25) is 5.91 Å². The van der Waals surface area contributed by atoms with Crippen molar-refractivity contribution in [2.45, 2.75) is 46.1 Å². The highest BCUT2D eigenvalue weighted by atomic mass is 16.5. The maximum Gasteiger partial charge on any atom is 0.227 e. The fraction of sp³-hybridized carbons (Fsp3) is 0.500. The third kappa shape index (κ3) is 2.73. The highest BCUT2D eigenvalue weighted by Gasteiger charge is 2.31.